The Balaban J connectivity index is 1.93. The Morgan fingerprint density at radius 1 is 0.714 bits per heavy atom. The molecule has 2 nitrogen and oxygen atoms in total. The summed E-state index contributed by atoms with van der Waals surface area (Å²) in [4.78, 5) is 2.56. The quantitative estimate of drug-likeness (QED) is 0.235. The Kier molecular flexibility index (Phi) is 10.1. The number of unbranched alkanes of at least 4 members (excludes halogenated alkanes) is 4. The number of nitrogens with zero attached hydrogens (tertiary/aromatic N) is 2. The van der Waals surface area contributed by atoms with Crippen molar-refractivity contribution in [3.8, 4) is 0 Å². The second-order valence-corrected chi connectivity index (χ2v) is 7.51. The first-order valence-corrected chi connectivity index (χ1v) is 10.9. The first kappa shape index (κ1) is 21.9. The minimum atomic E-state index is 1.17. The molecule has 0 radical (unpaired) electrons. The highest BCUT2D eigenvalue weighted by Gasteiger charge is 2.05. The van der Waals surface area contributed by atoms with Gasteiger partial charge in [-0.05, 0) is 36.1 Å². The molecule has 0 bridgehead atoms. The van der Waals surface area contributed by atoms with Gasteiger partial charge in [-0.25, -0.2) is 4.57 Å². The lowest BCUT2D eigenvalue weighted by Crippen LogP contribution is -2.25. The molecule has 1 aromatic heterocycles. The molecular formula is C26H37N2+. The largest absolute Gasteiger partial charge is 0.372 e. The summed E-state index contributed by atoms with van der Waals surface area (Å²) in [5, 5.41) is 0. The molecule has 0 saturated carbocycles. The van der Waals surface area contributed by atoms with Crippen LogP contribution in [0.1, 0.15) is 63.5 Å². The second-order valence-electron chi connectivity index (χ2n) is 7.51. The Morgan fingerprint density at radius 2 is 1.21 bits per heavy atom. The van der Waals surface area contributed by atoms with E-state index in [4.69, 9.17) is 0 Å². The number of pyridine rings is 1. The van der Waals surface area contributed by atoms with Crippen molar-refractivity contribution >= 4 is 17.8 Å². The zero-order valence-corrected chi connectivity index (χ0v) is 18.0. The Morgan fingerprint density at radius 3 is 1.71 bits per heavy atom. The predicted octanol–water partition coefficient (Wildman–Crippen LogP) is 6.42. The number of aryl methyl sites for hydroxylation is 1. The normalized spacial score (nSPS) is 11.5. The van der Waals surface area contributed by atoms with Gasteiger partial charge >= 0.3 is 0 Å². The maximum atomic E-state index is 2.56. The summed E-state index contributed by atoms with van der Waals surface area (Å²) < 4.78 is 2.04. The van der Waals surface area contributed by atoms with Crippen molar-refractivity contribution in [1.82, 2.24) is 0 Å². The Bertz CT molecular complexity index is 701. The van der Waals surface area contributed by atoms with E-state index in [1.165, 1.54) is 68.4 Å². The molecule has 1 heterocycles. The monoisotopic (exact) mass is 377 g/mol. The fraction of sp³-hybridized carbons (Fsp3) is 0.423. The minimum Gasteiger partial charge on any atom is -0.372 e. The second kappa shape index (κ2) is 12.9. The van der Waals surface area contributed by atoms with Crippen molar-refractivity contribution in [2.45, 2.75) is 52.4 Å². The highest BCUT2D eigenvalue weighted by molar-refractivity contribution is 5.59. The van der Waals surface area contributed by atoms with E-state index in [0.717, 1.165) is 0 Å². The number of anilines is 1. The highest BCUT2D eigenvalue weighted by atomic mass is 15.1. The third kappa shape index (κ3) is 8.12. The van der Waals surface area contributed by atoms with E-state index in [2.05, 4.69) is 91.8 Å². The summed E-state index contributed by atoms with van der Waals surface area (Å²) in [7, 11) is 2.03. The van der Waals surface area contributed by atoms with Gasteiger partial charge in [0, 0.05) is 30.9 Å². The maximum Gasteiger partial charge on any atom is 0.169 e. The van der Waals surface area contributed by atoms with Gasteiger partial charge in [-0.2, -0.15) is 0 Å². The van der Waals surface area contributed by atoms with E-state index in [1.54, 1.807) is 0 Å². The van der Waals surface area contributed by atoms with E-state index in [9.17, 15) is 0 Å². The SMILES string of the molecule is CCCCCN(CCCCC)c1ccc(C=CC=Cc2cc[n+](C)cc2)cc1. The summed E-state index contributed by atoms with van der Waals surface area (Å²) in [5.74, 6) is 0. The molecule has 0 amide bonds. The van der Waals surface area contributed by atoms with Crippen LogP contribution < -0.4 is 9.47 Å². The van der Waals surface area contributed by atoms with E-state index in [1.807, 2.05) is 11.6 Å². The maximum absolute atomic E-state index is 2.56. The van der Waals surface area contributed by atoms with Gasteiger partial charge in [-0.3, -0.25) is 0 Å². The zero-order valence-electron chi connectivity index (χ0n) is 18.0. The summed E-state index contributed by atoms with van der Waals surface area (Å²) >= 11 is 0. The summed E-state index contributed by atoms with van der Waals surface area (Å²) in [6.07, 6.45) is 20.4. The topological polar surface area (TPSA) is 7.12 Å². The van der Waals surface area contributed by atoms with E-state index in [-0.39, 0.29) is 0 Å². The van der Waals surface area contributed by atoms with Gasteiger partial charge in [0.05, 0.1) is 0 Å². The van der Waals surface area contributed by atoms with Crippen LogP contribution in [0.2, 0.25) is 0 Å². The van der Waals surface area contributed by atoms with Crippen LogP contribution in [0.3, 0.4) is 0 Å². The fourth-order valence-electron chi connectivity index (χ4n) is 3.23. The van der Waals surface area contributed by atoms with Crippen LogP contribution in [-0.2, 0) is 7.05 Å². The summed E-state index contributed by atoms with van der Waals surface area (Å²) in [6.45, 7) is 6.89. The molecule has 0 N–H and O–H groups in total. The smallest absolute Gasteiger partial charge is 0.169 e. The van der Waals surface area contributed by atoms with Crippen LogP contribution in [0.4, 0.5) is 5.69 Å². The molecule has 150 valence electrons. The molecule has 2 aromatic rings. The van der Waals surface area contributed by atoms with Crippen LogP contribution in [-0.4, -0.2) is 13.1 Å². The molecule has 0 aliphatic carbocycles. The molecule has 0 aliphatic heterocycles. The van der Waals surface area contributed by atoms with Crippen LogP contribution in [0.25, 0.3) is 12.2 Å². The molecule has 0 spiro atoms. The van der Waals surface area contributed by atoms with Crippen molar-refractivity contribution in [1.29, 1.82) is 0 Å². The van der Waals surface area contributed by atoms with Gasteiger partial charge in [0.1, 0.15) is 7.05 Å². The third-order valence-electron chi connectivity index (χ3n) is 5.01. The van der Waals surface area contributed by atoms with E-state index in [0.29, 0.717) is 0 Å². The third-order valence-corrected chi connectivity index (χ3v) is 5.01. The number of hydrogen-bond acceptors (Lipinski definition) is 1. The lowest BCUT2D eigenvalue weighted by atomic mass is 10.1. The molecule has 28 heavy (non-hydrogen) atoms. The minimum absolute atomic E-state index is 1.17. The fourth-order valence-corrected chi connectivity index (χ4v) is 3.23. The predicted molar refractivity (Wildman–Crippen MR) is 123 cm³/mol. The molecule has 0 saturated heterocycles. The number of aromatic nitrogens is 1. The van der Waals surface area contributed by atoms with Gasteiger partial charge in [0.2, 0.25) is 0 Å². The van der Waals surface area contributed by atoms with Crippen molar-refractivity contribution in [2.24, 2.45) is 7.05 Å². The summed E-state index contributed by atoms with van der Waals surface area (Å²) in [6, 6.07) is 13.2. The Hall–Kier alpha value is -2.35. The van der Waals surface area contributed by atoms with Crippen LogP contribution in [0.5, 0.6) is 0 Å². The average molecular weight is 378 g/mol. The Labute approximate surface area is 172 Å². The number of rotatable bonds is 12. The summed E-state index contributed by atoms with van der Waals surface area (Å²) in [5.41, 5.74) is 3.82. The lowest BCUT2D eigenvalue weighted by Gasteiger charge is -2.25. The van der Waals surface area contributed by atoms with E-state index < -0.39 is 0 Å². The van der Waals surface area contributed by atoms with Crippen molar-refractivity contribution in [2.75, 3.05) is 18.0 Å². The molecule has 0 fully saturated rings. The van der Waals surface area contributed by atoms with Crippen LogP contribution in [0.15, 0.2) is 60.9 Å². The van der Waals surface area contributed by atoms with Crippen LogP contribution in [0, 0.1) is 0 Å². The molecule has 0 unspecified atom stereocenters. The first-order valence-electron chi connectivity index (χ1n) is 10.9. The molecular weight excluding hydrogens is 340 g/mol. The number of benzene rings is 1. The van der Waals surface area contributed by atoms with Crippen LogP contribution >= 0.6 is 0 Å². The van der Waals surface area contributed by atoms with Gasteiger partial charge in [-0.15, -0.1) is 0 Å². The van der Waals surface area contributed by atoms with Crippen molar-refractivity contribution in [3.63, 3.8) is 0 Å². The standard InChI is InChI=1S/C26H37N2/c1-4-6-10-20-28(21-11-7-5-2)26-16-14-24(15-17-26)12-8-9-13-25-18-22-27(3)23-19-25/h8-9,12-19,22-23H,4-7,10-11,20-21H2,1-3H3/q+1. The van der Waals surface area contributed by atoms with E-state index >= 15 is 0 Å². The molecule has 2 heteroatoms. The van der Waals surface area contributed by atoms with Gasteiger partial charge in [0.25, 0.3) is 0 Å². The number of hydrogen-bond donors (Lipinski definition) is 0. The van der Waals surface area contributed by atoms with Gasteiger partial charge < -0.3 is 4.90 Å². The zero-order chi connectivity index (χ0) is 20.0. The lowest BCUT2D eigenvalue weighted by molar-refractivity contribution is -0.671. The van der Waals surface area contributed by atoms with Gasteiger partial charge in [-0.1, -0.05) is 76.0 Å². The van der Waals surface area contributed by atoms with Crippen molar-refractivity contribution in [3.05, 3.63) is 72.1 Å². The highest BCUT2D eigenvalue weighted by Crippen LogP contribution is 2.18. The molecule has 0 aliphatic rings. The number of allylic oxidation sites excluding steroid dienone is 2. The molecule has 0 atom stereocenters. The average Bonchev–Trinajstić information content (AvgIpc) is 2.72. The van der Waals surface area contributed by atoms with Crippen molar-refractivity contribution < 1.29 is 4.57 Å². The molecule has 1 aromatic carbocycles. The van der Waals surface area contributed by atoms with Gasteiger partial charge in [0.15, 0.2) is 12.4 Å². The first-order chi connectivity index (χ1) is 13.7. The molecule has 2 rings (SSSR count).